The SMILES string of the molecule is Clc1cccc(Nc2nc(-c3ccccc3)cs2)c1. The molecule has 0 atom stereocenters. The summed E-state index contributed by atoms with van der Waals surface area (Å²) in [6.45, 7) is 0. The molecule has 0 spiro atoms. The fourth-order valence-electron chi connectivity index (χ4n) is 1.76. The minimum Gasteiger partial charge on any atom is -0.331 e. The number of aromatic nitrogens is 1. The van der Waals surface area contributed by atoms with E-state index in [1.54, 1.807) is 11.3 Å². The van der Waals surface area contributed by atoms with Gasteiger partial charge in [0, 0.05) is 21.7 Å². The van der Waals surface area contributed by atoms with Crippen molar-refractivity contribution in [1.82, 2.24) is 4.98 Å². The number of anilines is 2. The average Bonchev–Trinajstić information content (AvgIpc) is 2.88. The van der Waals surface area contributed by atoms with E-state index in [1.165, 1.54) is 0 Å². The van der Waals surface area contributed by atoms with E-state index < -0.39 is 0 Å². The van der Waals surface area contributed by atoms with Gasteiger partial charge in [-0.2, -0.15) is 0 Å². The van der Waals surface area contributed by atoms with E-state index in [2.05, 4.69) is 22.4 Å². The molecule has 1 heterocycles. The Morgan fingerprint density at radius 2 is 1.84 bits per heavy atom. The van der Waals surface area contributed by atoms with Crippen molar-refractivity contribution in [2.45, 2.75) is 0 Å². The summed E-state index contributed by atoms with van der Waals surface area (Å²) in [6.07, 6.45) is 0. The van der Waals surface area contributed by atoms with Gasteiger partial charge in [0.15, 0.2) is 5.13 Å². The smallest absolute Gasteiger partial charge is 0.187 e. The van der Waals surface area contributed by atoms with Crippen LogP contribution in [0.4, 0.5) is 10.8 Å². The number of nitrogens with zero attached hydrogens (tertiary/aromatic N) is 1. The Morgan fingerprint density at radius 1 is 1.00 bits per heavy atom. The summed E-state index contributed by atoms with van der Waals surface area (Å²) in [7, 11) is 0. The first-order valence-electron chi connectivity index (χ1n) is 5.85. The molecular formula is C15H11ClN2S. The van der Waals surface area contributed by atoms with Gasteiger partial charge < -0.3 is 5.32 Å². The van der Waals surface area contributed by atoms with Crippen LogP contribution in [0, 0.1) is 0 Å². The fourth-order valence-corrected chi connectivity index (χ4v) is 2.69. The van der Waals surface area contributed by atoms with Gasteiger partial charge in [-0.1, -0.05) is 48.0 Å². The van der Waals surface area contributed by atoms with Crippen molar-refractivity contribution in [3.63, 3.8) is 0 Å². The number of thiazole rings is 1. The van der Waals surface area contributed by atoms with Gasteiger partial charge in [-0.25, -0.2) is 4.98 Å². The van der Waals surface area contributed by atoms with Crippen LogP contribution in [0.2, 0.25) is 5.02 Å². The number of nitrogens with one attached hydrogen (secondary N) is 1. The van der Waals surface area contributed by atoms with E-state index in [9.17, 15) is 0 Å². The van der Waals surface area contributed by atoms with Crippen LogP contribution in [-0.2, 0) is 0 Å². The molecule has 3 rings (SSSR count). The average molecular weight is 287 g/mol. The molecule has 0 bridgehead atoms. The number of hydrogen-bond acceptors (Lipinski definition) is 3. The van der Waals surface area contributed by atoms with Crippen molar-refractivity contribution in [1.29, 1.82) is 0 Å². The molecule has 0 aliphatic rings. The van der Waals surface area contributed by atoms with E-state index in [0.717, 1.165) is 22.1 Å². The van der Waals surface area contributed by atoms with Crippen molar-refractivity contribution < 1.29 is 0 Å². The lowest BCUT2D eigenvalue weighted by atomic mass is 10.2. The Morgan fingerprint density at radius 3 is 2.63 bits per heavy atom. The second kappa shape index (κ2) is 5.43. The molecule has 1 N–H and O–H groups in total. The van der Waals surface area contributed by atoms with E-state index in [4.69, 9.17) is 11.6 Å². The van der Waals surface area contributed by atoms with Crippen LogP contribution in [0.5, 0.6) is 0 Å². The molecule has 19 heavy (non-hydrogen) atoms. The molecule has 0 fully saturated rings. The lowest BCUT2D eigenvalue weighted by Crippen LogP contribution is -1.89. The van der Waals surface area contributed by atoms with Gasteiger partial charge in [0.1, 0.15) is 0 Å². The van der Waals surface area contributed by atoms with Crippen molar-refractivity contribution in [2.24, 2.45) is 0 Å². The topological polar surface area (TPSA) is 24.9 Å². The predicted molar refractivity (Wildman–Crippen MR) is 82.3 cm³/mol. The van der Waals surface area contributed by atoms with Crippen molar-refractivity contribution in [3.05, 3.63) is 65.0 Å². The van der Waals surface area contributed by atoms with Crippen LogP contribution in [0.3, 0.4) is 0 Å². The lowest BCUT2D eigenvalue weighted by Gasteiger charge is -2.02. The Bertz CT molecular complexity index is 679. The summed E-state index contributed by atoms with van der Waals surface area (Å²) >= 11 is 7.53. The van der Waals surface area contributed by atoms with E-state index in [0.29, 0.717) is 5.02 Å². The second-order valence-corrected chi connectivity index (χ2v) is 5.33. The van der Waals surface area contributed by atoms with Crippen molar-refractivity contribution in [2.75, 3.05) is 5.32 Å². The van der Waals surface area contributed by atoms with E-state index in [1.807, 2.05) is 47.8 Å². The predicted octanol–water partition coefficient (Wildman–Crippen LogP) is 5.21. The van der Waals surface area contributed by atoms with Crippen LogP contribution in [0.1, 0.15) is 0 Å². The summed E-state index contributed by atoms with van der Waals surface area (Å²) in [5.41, 5.74) is 3.05. The zero-order chi connectivity index (χ0) is 13.1. The fraction of sp³-hybridized carbons (Fsp3) is 0. The third-order valence-corrected chi connectivity index (χ3v) is 3.64. The Labute approximate surface area is 120 Å². The molecule has 0 aliphatic carbocycles. The number of hydrogen-bond donors (Lipinski definition) is 1. The van der Waals surface area contributed by atoms with Crippen LogP contribution in [0.25, 0.3) is 11.3 Å². The molecule has 0 saturated carbocycles. The summed E-state index contributed by atoms with van der Waals surface area (Å²) in [6, 6.07) is 17.7. The highest BCUT2D eigenvalue weighted by Crippen LogP contribution is 2.27. The van der Waals surface area contributed by atoms with Gasteiger partial charge in [0.05, 0.1) is 5.69 Å². The Hall–Kier alpha value is -1.84. The standard InChI is InChI=1S/C15H11ClN2S/c16-12-7-4-8-13(9-12)17-15-18-14(10-19-15)11-5-2-1-3-6-11/h1-10H,(H,17,18). The monoisotopic (exact) mass is 286 g/mol. The quantitative estimate of drug-likeness (QED) is 0.715. The Balaban J connectivity index is 1.82. The van der Waals surface area contributed by atoms with Gasteiger partial charge in [-0.05, 0) is 18.2 Å². The zero-order valence-electron chi connectivity index (χ0n) is 10.0. The number of benzene rings is 2. The second-order valence-electron chi connectivity index (χ2n) is 4.04. The number of halogens is 1. The minimum absolute atomic E-state index is 0.713. The van der Waals surface area contributed by atoms with Crippen LogP contribution in [-0.4, -0.2) is 4.98 Å². The lowest BCUT2D eigenvalue weighted by molar-refractivity contribution is 1.38. The maximum absolute atomic E-state index is 5.96. The highest BCUT2D eigenvalue weighted by molar-refractivity contribution is 7.14. The molecular weight excluding hydrogens is 276 g/mol. The third-order valence-electron chi connectivity index (χ3n) is 2.65. The van der Waals surface area contributed by atoms with Gasteiger partial charge in [0.25, 0.3) is 0 Å². The largest absolute Gasteiger partial charge is 0.331 e. The third kappa shape index (κ3) is 2.95. The highest BCUT2D eigenvalue weighted by atomic mass is 35.5. The molecule has 0 amide bonds. The molecule has 3 aromatic rings. The summed E-state index contributed by atoms with van der Waals surface area (Å²) in [5, 5.41) is 6.88. The van der Waals surface area contributed by atoms with E-state index in [-0.39, 0.29) is 0 Å². The molecule has 0 unspecified atom stereocenters. The van der Waals surface area contributed by atoms with Gasteiger partial charge in [-0.15, -0.1) is 11.3 Å². The first-order chi connectivity index (χ1) is 9.31. The molecule has 2 nitrogen and oxygen atoms in total. The summed E-state index contributed by atoms with van der Waals surface area (Å²) < 4.78 is 0. The molecule has 94 valence electrons. The van der Waals surface area contributed by atoms with Gasteiger partial charge in [-0.3, -0.25) is 0 Å². The molecule has 0 radical (unpaired) electrons. The van der Waals surface area contributed by atoms with Gasteiger partial charge in [0.2, 0.25) is 0 Å². The Kier molecular flexibility index (Phi) is 3.49. The molecule has 4 heteroatoms. The first-order valence-corrected chi connectivity index (χ1v) is 7.10. The normalized spacial score (nSPS) is 10.4. The maximum Gasteiger partial charge on any atom is 0.187 e. The van der Waals surface area contributed by atoms with E-state index >= 15 is 0 Å². The van der Waals surface area contributed by atoms with Crippen molar-refractivity contribution in [3.8, 4) is 11.3 Å². The van der Waals surface area contributed by atoms with Crippen LogP contribution in [0.15, 0.2) is 60.0 Å². The minimum atomic E-state index is 0.713. The molecule has 0 aliphatic heterocycles. The number of rotatable bonds is 3. The van der Waals surface area contributed by atoms with Crippen LogP contribution >= 0.6 is 22.9 Å². The maximum atomic E-state index is 5.96. The highest BCUT2D eigenvalue weighted by Gasteiger charge is 2.04. The molecule has 2 aromatic carbocycles. The first kappa shape index (κ1) is 12.2. The molecule has 1 aromatic heterocycles. The van der Waals surface area contributed by atoms with Crippen LogP contribution < -0.4 is 5.32 Å². The summed E-state index contributed by atoms with van der Waals surface area (Å²) in [5.74, 6) is 0. The molecule has 0 saturated heterocycles. The summed E-state index contributed by atoms with van der Waals surface area (Å²) in [4.78, 5) is 4.57. The van der Waals surface area contributed by atoms with Gasteiger partial charge >= 0.3 is 0 Å². The zero-order valence-corrected chi connectivity index (χ0v) is 11.6. The van der Waals surface area contributed by atoms with Crippen molar-refractivity contribution >= 4 is 33.8 Å².